The van der Waals surface area contributed by atoms with Crippen molar-refractivity contribution in [3.05, 3.63) is 28.8 Å². The Morgan fingerprint density at radius 1 is 1.28 bits per heavy atom. The van der Waals surface area contributed by atoms with E-state index in [1.54, 1.807) is 26.0 Å². The van der Waals surface area contributed by atoms with E-state index >= 15 is 0 Å². The number of rotatable bonds is 4. The maximum atomic E-state index is 12.0. The predicted molar refractivity (Wildman–Crippen MR) is 68.0 cm³/mol. The van der Waals surface area contributed by atoms with E-state index in [9.17, 15) is 13.2 Å². The molecular formula is C12H14F3NOS. The molecule has 0 radical (unpaired) electrons. The molecule has 0 unspecified atom stereocenters. The summed E-state index contributed by atoms with van der Waals surface area (Å²) < 4.78 is 41.2. The average Bonchev–Trinajstić information content (AvgIpc) is 2.20. The predicted octanol–water partition coefficient (Wildman–Crippen LogP) is 3.27. The third-order valence-corrected chi connectivity index (χ3v) is 2.61. The molecule has 0 saturated heterocycles. The number of halogens is 3. The Morgan fingerprint density at radius 3 is 2.17 bits per heavy atom. The summed E-state index contributed by atoms with van der Waals surface area (Å²) in [7, 11) is 0. The van der Waals surface area contributed by atoms with Gasteiger partial charge in [0.15, 0.2) is 0 Å². The van der Waals surface area contributed by atoms with Crippen molar-refractivity contribution in [1.82, 2.24) is 0 Å². The van der Waals surface area contributed by atoms with Gasteiger partial charge in [0.25, 0.3) is 0 Å². The van der Waals surface area contributed by atoms with Gasteiger partial charge in [-0.2, -0.15) is 13.2 Å². The molecule has 0 aromatic heterocycles. The molecule has 0 amide bonds. The van der Waals surface area contributed by atoms with Crippen LogP contribution in [0.4, 0.5) is 13.2 Å². The number of hydrogen-bond acceptors (Lipinski definition) is 2. The Bertz CT molecular complexity index is 434. The zero-order valence-corrected chi connectivity index (χ0v) is 10.9. The molecular weight excluding hydrogens is 263 g/mol. The first-order valence-electron chi connectivity index (χ1n) is 5.31. The third-order valence-electron chi connectivity index (χ3n) is 2.38. The van der Waals surface area contributed by atoms with Crippen molar-refractivity contribution in [2.45, 2.75) is 26.4 Å². The van der Waals surface area contributed by atoms with Crippen molar-refractivity contribution in [2.75, 3.05) is 6.61 Å². The largest absolute Gasteiger partial charge is 0.493 e. The third kappa shape index (κ3) is 4.18. The van der Waals surface area contributed by atoms with Crippen LogP contribution in [0.25, 0.3) is 0 Å². The summed E-state index contributed by atoms with van der Waals surface area (Å²) in [4.78, 5) is 0.253. The maximum Gasteiger partial charge on any atom is 0.392 e. The van der Waals surface area contributed by atoms with Crippen LogP contribution in [-0.2, 0) is 0 Å². The lowest BCUT2D eigenvalue weighted by atomic mass is 10.1. The lowest BCUT2D eigenvalue weighted by molar-refractivity contribution is -0.139. The number of thiocarbonyl (C=S) groups is 1. The highest BCUT2D eigenvalue weighted by atomic mass is 32.1. The molecule has 0 aliphatic rings. The minimum atomic E-state index is -4.21. The van der Waals surface area contributed by atoms with Crippen LogP contribution in [0.3, 0.4) is 0 Å². The molecule has 18 heavy (non-hydrogen) atoms. The molecule has 100 valence electrons. The van der Waals surface area contributed by atoms with Gasteiger partial charge in [0.1, 0.15) is 10.7 Å². The molecule has 0 spiro atoms. The fraction of sp³-hybridized carbons (Fsp3) is 0.417. The summed E-state index contributed by atoms with van der Waals surface area (Å²) in [5.74, 6) is 0.458. The molecule has 1 aromatic rings. The molecule has 6 heteroatoms. The molecule has 0 aliphatic heterocycles. The highest BCUT2D eigenvalue weighted by Gasteiger charge is 2.27. The quantitative estimate of drug-likeness (QED) is 0.858. The molecule has 1 rings (SSSR count). The minimum Gasteiger partial charge on any atom is -0.493 e. The van der Waals surface area contributed by atoms with Gasteiger partial charge in [-0.25, -0.2) is 0 Å². The maximum absolute atomic E-state index is 12.0. The van der Waals surface area contributed by atoms with Gasteiger partial charge in [0.2, 0.25) is 0 Å². The second-order valence-electron chi connectivity index (χ2n) is 4.02. The second-order valence-corrected chi connectivity index (χ2v) is 4.46. The van der Waals surface area contributed by atoms with E-state index in [2.05, 4.69) is 0 Å². The topological polar surface area (TPSA) is 35.2 Å². The van der Waals surface area contributed by atoms with E-state index < -0.39 is 19.2 Å². The molecule has 0 heterocycles. The van der Waals surface area contributed by atoms with Gasteiger partial charge in [-0.05, 0) is 37.1 Å². The van der Waals surface area contributed by atoms with Crippen LogP contribution >= 0.6 is 12.2 Å². The summed E-state index contributed by atoms with van der Waals surface area (Å²) in [6.45, 7) is 3.10. The van der Waals surface area contributed by atoms with E-state index in [0.29, 0.717) is 11.3 Å². The first-order valence-corrected chi connectivity index (χ1v) is 5.72. The van der Waals surface area contributed by atoms with Crippen molar-refractivity contribution in [3.8, 4) is 5.75 Å². The molecule has 1 aromatic carbocycles. The summed E-state index contributed by atoms with van der Waals surface area (Å²) >= 11 is 4.85. The van der Waals surface area contributed by atoms with Crippen LogP contribution < -0.4 is 10.5 Å². The number of benzene rings is 1. The SMILES string of the molecule is Cc1cc(C(N)=S)cc(C)c1OCCC(F)(F)F. The number of nitrogens with two attached hydrogens (primary N) is 1. The van der Waals surface area contributed by atoms with Crippen LogP contribution in [0.5, 0.6) is 5.75 Å². The number of alkyl halides is 3. The normalized spacial score (nSPS) is 11.4. The summed E-state index contributed by atoms with van der Waals surface area (Å²) in [6, 6.07) is 3.41. The number of aryl methyl sites for hydroxylation is 2. The van der Waals surface area contributed by atoms with E-state index in [1.807, 2.05) is 0 Å². The Kier molecular flexibility index (Phi) is 4.56. The zero-order chi connectivity index (χ0) is 13.9. The van der Waals surface area contributed by atoms with E-state index in [4.69, 9.17) is 22.7 Å². The van der Waals surface area contributed by atoms with Crippen LogP contribution in [0.2, 0.25) is 0 Å². The average molecular weight is 277 g/mol. The summed E-state index contributed by atoms with van der Waals surface area (Å²) in [5, 5.41) is 0. The van der Waals surface area contributed by atoms with Crippen molar-refractivity contribution in [2.24, 2.45) is 5.73 Å². The Labute approximate surface area is 109 Å². The Morgan fingerprint density at radius 2 is 1.78 bits per heavy atom. The van der Waals surface area contributed by atoms with Crippen LogP contribution in [0.1, 0.15) is 23.1 Å². The van der Waals surface area contributed by atoms with Gasteiger partial charge < -0.3 is 10.5 Å². The molecule has 0 fully saturated rings. The van der Waals surface area contributed by atoms with Gasteiger partial charge in [0, 0.05) is 5.56 Å². The Balaban J connectivity index is 2.81. The van der Waals surface area contributed by atoms with Gasteiger partial charge >= 0.3 is 6.18 Å². The molecule has 0 aliphatic carbocycles. The van der Waals surface area contributed by atoms with Gasteiger partial charge in [-0.3, -0.25) is 0 Å². The Hall–Kier alpha value is -1.30. The van der Waals surface area contributed by atoms with Crippen LogP contribution in [-0.4, -0.2) is 17.8 Å². The van der Waals surface area contributed by atoms with E-state index in [1.165, 1.54) is 0 Å². The molecule has 0 atom stereocenters. The minimum absolute atomic E-state index is 0.253. The smallest absolute Gasteiger partial charge is 0.392 e. The molecule has 0 bridgehead atoms. The van der Waals surface area contributed by atoms with Crippen LogP contribution in [0, 0.1) is 13.8 Å². The summed E-state index contributed by atoms with van der Waals surface area (Å²) in [6.07, 6.45) is -5.18. The first kappa shape index (κ1) is 14.8. The van der Waals surface area contributed by atoms with E-state index in [-0.39, 0.29) is 4.99 Å². The van der Waals surface area contributed by atoms with Gasteiger partial charge in [0.05, 0.1) is 13.0 Å². The number of ether oxygens (including phenoxy) is 1. The second kappa shape index (κ2) is 5.56. The standard InChI is InChI=1S/C12H14F3NOS/c1-7-5-9(11(16)18)6-8(2)10(7)17-4-3-12(13,14)15/h5-6H,3-4H2,1-2H3,(H2,16,18). The lowest BCUT2D eigenvalue weighted by Gasteiger charge is -2.14. The number of hydrogen-bond donors (Lipinski definition) is 1. The zero-order valence-electron chi connectivity index (χ0n) is 10.1. The van der Waals surface area contributed by atoms with Crippen molar-refractivity contribution in [1.29, 1.82) is 0 Å². The molecule has 2 nitrogen and oxygen atoms in total. The van der Waals surface area contributed by atoms with Crippen molar-refractivity contribution < 1.29 is 17.9 Å². The molecule has 0 saturated carbocycles. The highest BCUT2D eigenvalue weighted by Crippen LogP contribution is 2.26. The van der Waals surface area contributed by atoms with Gasteiger partial charge in [-0.1, -0.05) is 12.2 Å². The monoisotopic (exact) mass is 277 g/mol. The lowest BCUT2D eigenvalue weighted by Crippen LogP contribution is -2.14. The van der Waals surface area contributed by atoms with Crippen molar-refractivity contribution in [3.63, 3.8) is 0 Å². The van der Waals surface area contributed by atoms with Crippen molar-refractivity contribution >= 4 is 17.2 Å². The highest BCUT2D eigenvalue weighted by molar-refractivity contribution is 7.80. The summed E-state index contributed by atoms with van der Waals surface area (Å²) in [5.41, 5.74) is 7.63. The van der Waals surface area contributed by atoms with Gasteiger partial charge in [-0.15, -0.1) is 0 Å². The molecule has 2 N–H and O–H groups in total. The van der Waals surface area contributed by atoms with Crippen LogP contribution in [0.15, 0.2) is 12.1 Å². The van der Waals surface area contributed by atoms with E-state index in [0.717, 1.165) is 11.1 Å². The first-order chi connectivity index (χ1) is 8.20. The fourth-order valence-corrected chi connectivity index (χ4v) is 1.71. The fourth-order valence-electron chi connectivity index (χ4n) is 1.59.